The SMILES string of the molecule is CN(C)C(CNc1oc(-c2cccc3ccccc23)nc1C#N)c1cccc(C(F)(F)F)c1. The number of anilines is 1. The number of hydrogen-bond donors (Lipinski definition) is 1. The summed E-state index contributed by atoms with van der Waals surface area (Å²) in [6.45, 7) is 0.215. The van der Waals surface area contributed by atoms with Crippen LogP contribution < -0.4 is 5.32 Å². The van der Waals surface area contributed by atoms with Gasteiger partial charge in [-0.15, -0.1) is 0 Å². The third-order valence-corrected chi connectivity index (χ3v) is 5.43. The smallest absolute Gasteiger partial charge is 0.416 e. The van der Waals surface area contributed by atoms with Crippen LogP contribution in [-0.2, 0) is 6.18 Å². The van der Waals surface area contributed by atoms with Gasteiger partial charge < -0.3 is 14.6 Å². The van der Waals surface area contributed by atoms with E-state index in [9.17, 15) is 18.4 Å². The Morgan fingerprint density at radius 3 is 2.52 bits per heavy atom. The zero-order valence-electron chi connectivity index (χ0n) is 18.0. The van der Waals surface area contributed by atoms with Crippen LogP contribution in [-0.4, -0.2) is 30.5 Å². The maximum atomic E-state index is 13.2. The van der Waals surface area contributed by atoms with E-state index < -0.39 is 17.8 Å². The molecule has 5 nitrogen and oxygen atoms in total. The Labute approximate surface area is 189 Å². The zero-order chi connectivity index (χ0) is 23.6. The van der Waals surface area contributed by atoms with Crippen LogP contribution in [0.25, 0.3) is 22.2 Å². The molecule has 1 aromatic heterocycles. The third kappa shape index (κ3) is 4.69. The summed E-state index contributed by atoms with van der Waals surface area (Å²) in [4.78, 5) is 6.14. The molecule has 0 fully saturated rings. The van der Waals surface area contributed by atoms with Crippen LogP contribution in [0.3, 0.4) is 0 Å². The lowest BCUT2D eigenvalue weighted by Gasteiger charge is -2.25. The van der Waals surface area contributed by atoms with Crippen molar-refractivity contribution in [1.29, 1.82) is 5.26 Å². The molecule has 0 saturated heterocycles. The molecule has 168 valence electrons. The number of nitrogens with zero attached hydrogens (tertiary/aromatic N) is 3. The number of rotatable bonds is 6. The van der Waals surface area contributed by atoms with E-state index in [1.165, 1.54) is 6.07 Å². The topological polar surface area (TPSA) is 65.1 Å². The molecule has 0 radical (unpaired) electrons. The number of oxazole rings is 1. The first kappa shape index (κ1) is 22.4. The molecule has 0 aliphatic carbocycles. The third-order valence-electron chi connectivity index (χ3n) is 5.43. The van der Waals surface area contributed by atoms with Gasteiger partial charge in [-0.3, -0.25) is 0 Å². The van der Waals surface area contributed by atoms with Gasteiger partial charge in [-0.1, -0.05) is 48.5 Å². The second kappa shape index (κ2) is 8.96. The molecule has 1 unspecified atom stereocenters. The fourth-order valence-corrected chi connectivity index (χ4v) is 3.75. The maximum absolute atomic E-state index is 13.2. The standard InChI is InChI=1S/C25H21F3N4O/c1-32(2)22(17-9-5-10-18(13-17)25(26,27)28)15-30-24-21(14-29)31-23(33-24)20-12-6-8-16-7-3-4-11-19(16)20/h3-13,22,30H,15H2,1-2H3. The Hall–Kier alpha value is -3.83. The summed E-state index contributed by atoms with van der Waals surface area (Å²) in [6, 6.07) is 20.3. The summed E-state index contributed by atoms with van der Waals surface area (Å²) in [7, 11) is 3.56. The Bertz CT molecular complexity index is 1320. The first-order valence-electron chi connectivity index (χ1n) is 10.2. The molecule has 0 amide bonds. The fourth-order valence-electron chi connectivity index (χ4n) is 3.75. The van der Waals surface area contributed by atoms with E-state index in [0.717, 1.165) is 28.5 Å². The van der Waals surface area contributed by atoms with Crippen LogP contribution in [0.1, 0.15) is 22.9 Å². The van der Waals surface area contributed by atoms with Crippen molar-refractivity contribution in [3.63, 3.8) is 0 Å². The number of alkyl halides is 3. The molecule has 0 saturated carbocycles. The van der Waals surface area contributed by atoms with E-state index in [4.69, 9.17) is 4.42 Å². The zero-order valence-corrected chi connectivity index (χ0v) is 18.0. The van der Waals surface area contributed by atoms with E-state index in [1.807, 2.05) is 48.5 Å². The Balaban J connectivity index is 1.63. The molecule has 4 rings (SSSR count). The second-order valence-electron chi connectivity index (χ2n) is 7.82. The highest BCUT2D eigenvalue weighted by atomic mass is 19.4. The van der Waals surface area contributed by atoms with Crippen molar-refractivity contribution in [2.75, 3.05) is 26.0 Å². The van der Waals surface area contributed by atoms with E-state index >= 15 is 0 Å². The number of nitrogens with one attached hydrogen (secondary N) is 1. The van der Waals surface area contributed by atoms with Gasteiger partial charge in [0.15, 0.2) is 0 Å². The summed E-state index contributed by atoms with van der Waals surface area (Å²) >= 11 is 0. The van der Waals surface area contributed by atoms with Crippen LogP contribution in [0.15, 0.2) is 71.1 Å². The summed E-state index contributed by atoms with van der Waals surface area (Å²) in [6.07, 6.45) is -4.42. The number of halogens is 3. The molecular formula is C25H21F3N4O. The molecule has 8 heteroatoms. The van der Waals surface area contributed by atoms with Gasteiger partial charge in [0, 0.05) is 12.1 Å². The molecule has 1 N–H and O–H groups in total. The van der Waals surface area contributed by atoms with Gasteiger partial charge in [0.05, 0.1) is 11.6 Å². The largest absolute Gasteiger partial charge is 0.419 e. The van der Waals surface area contributed by atoms with Gasteiger partial charge in [-0.25, -0.2) is 0 Å². The highest BCUT2D eigenvalue weighted by Crippen LogP contribution is 2.33. The van der Waals surface area contributed by atoms with Crippen LogP contribution >= 0.6 is 0 Å². The average molecular weight is 450 g/mol. The quantitative estimate of drug-likeness (QED) is 0.385. The Kier molecular flexibility index (Phi) is 6.07. The van der Waals surface area contributed by atoms with Crippen LogP contribution in [0.5, 0.6) is 0 Å². The van der Waals surface area contributed by atoms with Gasteiger partial charge in [-0.05, 0) is 48.6 Å². The molecule has 33 heavy (non-hydrogen) atoms. The molecule has 0 aliphatic heterocycles. The molecule has 0 spiro atoms. The van der Waals surface area contributed by atoms with Crippen LogP contribution in [0.4, 0.5) is 19.1 Å². The van der Waals surface area contributed by atoms with Crippen molar-refractivity contribution < 1.29 is 17.6 Å². The minimum atomic E-state index is -4.42. The second-order valence-corrected chi connectivity index (χ2v) is 7.82. The van der Waals surface area contributed by atoms with Gasteiger partial charge in [0.1, 0.15) is 6.07 Å². The molecule has 0 aliphatic rings. The number of nitriles is 1. The van der Waals surface area contributed by atoms with Crippen LogP contribution in [0, 0.1) is 11.3 Å². The first-order chi connectivity index (χ1) is 15.8. The minimum Gasteiger partial charge on any atom is -0.419 e. The average Bonchev–Trinajstić information content (AvgIpc) is 3.21. The number of benzene rings is 3. The Morgan fingerprint density at radius 2 is 1.79 bits per heavy atom. The number of likely N-dealkylation sites (N-methyl/N-ethyl adjacent to an activating group) is 1. The molecule has 1 atom stereocenters. The van der Waals surface area contributed by atoms with E-state index in [1.54, 1.807) is 25.1 Å². The lowest BCUT2D eigenvalue weighted by atomic mass is 10.0. The lowest BCUT2D eigenvalue weighted by Crippen LogP contribution is -2.27. The van der Waals surface area contributed by atoms with Crippen LogP contribution in [0.2, 0.25) is 0 Å². The number of aromatic nitrogens is 1. The van der Waals surface area contributed by atoms with Crippen molar-refractivity contribution in [3.05, 3.63) is 83.6 Å². The van der Waals surface area contributed by atoms with E-state index in [2.05, 4.69) is 10.3 Å². The normalized spacial score (nSPS) is 12.6. The van der Waals surface area contributed by atoms with Gasteiger partial charge in [0.2, 0.25) is 17.5 Å². The lowest BCUT2D eigenvalue weighted by molar-refractivity contribution is -0.137. The monoisotopic (exact) mass is 450 g/mol. The fraction of sp³-hybridized carbons (Fsp3) is 0.200. The maximum Gasteiger partial charge on any atom is 0.416 e. The van der Waals surface area contributed by atoms with Gasteiger partial charge >= 0.3 is 6.18 Å². The number of hydrogen-bond acceptors (Lipinski definition) is 5. The highest BCUT2D eigenvalue weighted by molar-refractivity contribution is 5.94. The molecule has 0 bridgehead atoms. The summed E-state index contributed by atoms with van der Waals surface area (Å²) in [5, 5.41) is 14.6. The predicted octanol–water partition coefficient (Wildman–Crippen LogP) is 6.10. The van der Waals surface area contributed by atoms with Crippen molar-refractivity contribution in [2.45, 2.75) is 12.2 Å². The van der Waals surface area contributed by atoms with Gasteiger partial charge in [0.25, 0.3) is 0 Å². The minimum absolute atomic E-state index is 0.0829. The summed E-state index contributed by atoms with van der Waals surface area (Å²) in [5.41, 5.74) is 0.622. The van der Waals surface area contributed by atoms with Crippen molar-refractivity contribution >= 4 is 16.7 Å². The van der Waals surface area contributed by atoms with Gasteiger partial charge in [-0.2, -0.15) is 23.4 Å². The van der Waals surface area contributed by atoms with E-state index in [0.29, 0.717) is 11.5 Å². The first-order valence-corrected chi connectivity index (χ1v) is 10.2. The molecule has 1 heterocycles. The van der Waals surface area contributed by atoms with Crippen molar-refractivity contribution in [2.24, 2.45) is 0 Å². The summed E-state index contributed by atoms with van der Waals surface area (Å²) < 4.78 is 45.4. The number of fused-ring (bicyclic) bond motifs is 1. The summed E-state index contributed by atoms with van der Waals surface area (Å²) in [5.74, 6) is 0.477. The van der Waals surface area contributed by atoms with Crippen molar-refractivity contribution in [3.8, 4) is 17.5 Å². The predicted molar refractivity (Wildman–Crippen MR) is 121 cm³/mol. The molecular weight excluding hydrogens is 429 g/mol. The molecule has 3 aromatic carbocycles. The van der Waals surface area contributed by atoms with Crippen molar-refractivity contribution in [1.82, 2.24) is 9.88 Å². The highest BCUT2D eigenvalue weighted by Gasteiger charge is 2.31. The molecule has 4 aromatic rings. The Morgan fingerprint density at radius 1 is 1.06 bits per heavy atom. The van der Waals surface area contributed by atoms with E-state index in [-0.39, 0.29) is 18.1 Å².